The number of nitrogens with two attached hydrogens (primary N) is 1. The van der Waals surface area contributed by atoms with Crippen molar-refractivity contribution < 1.29 is 9.18 Å². The number of carbonyl (C=O) groups is 1. The summed E-state index contributed by atoms with van der Waals surface area (Å²) in [5.74, 6) is 0.145. The second kappa shape index (κ2) is 6.14. The summed E-state index contributed by atoms with van der Waals surface area (Å²) in [6, 6.07) is 6.17. The molecule has 1 unspecified atom stereocenters. The number of benzene rings is 1. The van der Waals surface area contributed by atoms with Gasteiger partial charge in [0.05, 0.1) is 5.69 Å². The van der Waals surface area contributed by atoms with E-state index in [2.05, 4.69) is 4.98 Å². The van der Waals surface area contributed by atoms with E-state index < -0.39 is 0 Å². The van der Waals surface area contributed by atoms with Gasteiger partial charge in [-0.3, -0.25) is 4.79 Å². The van der Waals surface area contributed by atoms with Gasteiger partial charge in [-0.1, -0.05) is 0 Å². The fraction of sp³-hybridized carbons (Fsp3) is 0.375. The minimum Gasteiger partial charge on any atom is -0.338 e. The molecule has 1 atom stereocenters. The minimum atomic E-state index is -0.279. The van der Waals surface area contributed by atoms with Crippen LogP contribution in [0.2, 0.25) is 0 Å². The third-order valence-corrected chi connectivity index (χ3v) is 5.18. The average Bonchev–Trinajstić information content (AvgIpc) is 3.14. The SMILES string of the molecule is Cc1nc(-c2ccc(F)cc2)sc1C(=O)N1CCC(CN)C1. The van der Waals surface area contributed by atoms with Gasteiger partial charge in [0.15, 0.2) is 0 Å². The Morgan fingerprint density at radius 1 is 1.45 bits per heavy atom. The minimum absolute atomic E-state index is 0.0271. The van der Waals surface area contributed by atoms with Gasteiger partial charge in [-0.05, 0) is 50.1 Å². The van der Waals surface area contributed by atoms with Crippen LogP contribution in [0.5, 0.6) is 0 Å². The number of hydrogen-bond donors (Lipinski definition) is 1. The van der Waals surface area contributed by atoms with Gasteiger partial charge in [0.2, 0.25) is 0 Å². The number of aromatic nitrogens is 1. The molecule has 22 heavy (non-hydrogen) atoms. The summed E-state index contributed by atoms with van der Waals surface area (Å²) in [4.78, 5) is 19.6. The maximum absolute atomic E-state index is 13.0. The number of halogens is 1. The van der Waals surface area contributed by atoms with Gasteiger partial charge in [-0.2, -0.15) is 0 Å². The first-order valence-corrected chi connectivity index (χ1v) is 8.13. The van der Waals surface area contributed by atoms with Crippen LogP contribution in [-0.4, -0.2) is 35.4 Å². The number of amides is 1. The molecule has 0 spiro atoms. The molecule has 1 aliphatic rings. The van der Waals surface area contributed by atoms with Crippen LogP contribution in [0.3, 0.4) is 0 Å². The van der Waals surface area contributed by atoms with E-state index in [0.29, 0.717) is 17.3 Å². The Morgan fingerprint density at radius 3 is 2.82 bits per heavy atom. The highest BCUT2D eigenvalue weighted by Crippen LogP contribution is 2.30. The molecule has 0 saturated carbocycles. The smallest absolute Gasteiger partial charge is 0.265 e. The molecule has 1 saturated heterocycles. The number of hydrogen-bond acceptors (Lipinski definition) is 4. The standard InChI is InChI=1S/C16H18FN3OS/c1-10-14(16(21)20-7-6-11(8-18)9-20)22-15(19-10)12-2-4-13(17)5-3-12/h2-5,11H,6-9,18H2,1H3. The molecule has 1 amide bonds. The van der Waals surface area contributed by atoms with Crippen LogP contribution < -0.4 is 5.73 Å². The third-order valence-electron chi connectivity index (χ3n) is 3.99. The van der Waals surface area contributed by atoms with E-state index in [1.165, 1.54) is 23.5 Å². The zero-order valence-corrected chi connectivity index (χ0v) is 13.2. The first-order chi connectivity index (χ1) is 10.6. The molecule has 3 rings (SSSR count). The van der Waals surface area contributed by atoms with Gasteiger partial charge in [0.1, 0.15) is 15.7 Å². The lowest BCUT2D eigenvalue weighted by Crippen LogP contribution is -2.29. The van der Waals surface area contributed by atoms with Crippen molar-refractivity contribution in [2.24, 2.45) is 11.7 Å². The fourth-order valence-electron chi connectivity index (χ4n) is 2.66. The van der Waals surface area contributed by atoms with Crippen molar-refractivity contribution >= 4 is 17.2 Å². The van der Waals surface area contributed by atoms with Crippen LogP contribution in [0.25, 0.3) is 10.6 Å². The molecule has 1 aliphatic heterocycles. The lowest BCUT2D eigenvalue weighted by molar-refractivity contribution is 0.0791. The highest BCUT2D eigenvalue weighted by atomic mass is 32.1. The summed E-state index contributed by atoms with van der Waals surface area (Å²) in [6.45, 7) is 3.93. The second-order valence-electron chi connectivity index (χ2n) is 5.58. The summed E-state index contributed by atoms with van der Waals surface area (Å²) in [5.41, 5.74) is 7.23. The Kier molecular flexibility index (Phi) is 4.22. The molecule has 2 heterocycles. The quantitative estimate of drug-likeness (QED) is 0.946. The number of thiazole rings is 1. The first-order valence-electron chi connectivity index (χ1n) is 7.31. The molecule has 0 radical (unpaired) electrons. The lowest BCUT2D eigenvalue weighted by Gasteiger charge is -2.15. The summed E-state index contributed by atoms with van der Waals surface area (Å²) < 4.78 is 13.0. The van der Waals surface area contributed by atoms with E-state index in [1.54, 1.807) is 12.1 Å². The van der Waals surface area contributed by atoms with Crippen LogP contribution >= 0.6 is 11.3 Å². The molecule has 1 fully saturated rings. The summed E-state index contributed by atoms with van der Waals surface area (Å²) >= 11 is 1.37. The zero-order chi connectivity index (χ0) is 15.7. The van der Waals surface area contributed by atoms with Gasteiger partial charge >= 0.3 is 0 Å². The van der Waals surface area contributed by atoms with Crippen molar-refractivity contribution in [3.63, 3.8) is 0 Å². The maximum atomic E-state index is 13.0. The fourth-order valence-corrected chi connectivity index (χ4v) is 3.70. The molecule has 1 aromatic carbocycles. The average molecular weight is 319 g/mol. The van der Waals surface area contributed by atoms with Gasteiger partial charge in [0, 0.05) is 18.7 Å². The van der Waals surface area contributed by atoms with E-state index in [1.807, 2.05) is 11.8 Å². The molecule has 4 nitrogen and oxygen atoms in total. The van der Waals surface area contributed by atoms with Crippen molar-refractivity contribution in [2.45, 2.75) is 13.3 Å². The predicted molar refractivity (Wildman–Crippen MR) is 85.3 cm³/mol. The van der Waals surface area contributed by atoms with Crippen molar-refractivity contribution in [1.29, 1.82) is 0 Å². The Bertz CT molecular complexity index is 683. The van der Waals surface area contributed by atoms with Crippen LogP contribution in [0.15, 0.2) is 24.3 Å². The molecular formula is C16H18FN3OS. The molecule has 1 aromatic heterocycles. The second-order valence-corrected chi connectivity index (χ2v) is 6.58. The Hall–Kier alpha value is -1.79. The van der Waals surface area contributed by atoms with Crippen LogP contribution in [-0.2, 0) is 0 Å². The molecule has 2 N–H and O–H groups in total. The third kappa shape index (κ3) is 2.89. The van der Waals surface area contributed by atoms with E-state index in [0.717, 1.165) is 35.8 Å². The van der Waals surface area contributed by atoms with Crippen molar-refractivity contribution in [1.82, 2.24) is 9.88 Å². The first kappa shape index (κ1) is 15.1. The topological polar surface area (TPSA) is 59.2 Å². The van der Waals surface area contributed by atoms with Crippen molar-refractivity contribution in [2.75, 3.05) is 19.6 Å². The van der Waals surface area contributed by atoms with Crippen molar-refractivity contribution in [3.05, 3.63) is 40.7 Å². The van der Waals surface area contributed by atoms with Crippen LogP contribution in [0.1, 0.15) is 21.8 Å². The Labute approximate surface area is 132 Å². The molecule has 116 valence electrons. The van der Waals surface area contributed by atoms with E-state index in [4.69, 9.17) is 5.73 Å². The lowest BCUT2D eigenvalue weighted by atomic mass is 10.1. The van der Waals surface area contributed by atoms with Gasteiger partial charge in [0.25, 0.3) is 5.91 Å². The van der Waals surface area contributed by atoms with E-state index in [9.17, 15) is 9.18 Å². The molecule has 2 aromatic rings. The summed E-state index contributed by atoms with van der Waals surface area (Å²) in [6.07, 6.45) is 0.963. The van der Waals surface area contributed by atoms with Crippen LogP contribution in [0.4, 0.5) is 4.39 Å². The number of likely N-dealkylation sites (tertiary alicyclic amines) is 1. The number of aryl methyl sites for hydroxylation is 1. The van der Waals surface area contributed by atoms with E-state index >= 15 is 0 Å². The normalized spacial score (nSPS) is 18.0. The number of carbonyl (C=O) groups excluding carboxylic acids is 1. The van der Waals surface area contributed by atoms with Crippen LogP contribution in [0, 0.1) is 18.7 Å². The highest BCUT2D eigenvalue weighted by Gasteiger charge is 2.28. The largest absolute Gasteiger partial charge is 0.338 e. The van der Waals surface area contributed by atoms with E-state index in [-0.39, 0.29) is 11.7 Å². The molecule has 6 heteroatoms. The Morgan fingerprint density at radius 2 is 2.18 bits per heavy atom. The molecule has 0 bridgehead atoms. The Balaban J connectivity index is 1.83. The number of rotatable bonds is 3. The number of nitrogens with zero attached hydrogens (tertiary/aromatic N) is 2. The summed E-state index contributed by atoms with van der Waals surface area (Å²) in [5, 5.41) is 0.746. The van der Waals surface area contributed by atoms with Crippen molar-refractivity contribution in [3.8, 4) is 10.6 Å². The molecule has 0 aliphatic carbocycles. The monoisotopic (exact) mass is 319 g/mol. The van der Waals surface area contributed by atoms with Gasteiger partial charge < -0.3 is 10.6 Å². The molecular weight excluding hydrogens is 301 g/mol. The highest BCUT2D eigenvalue weighted by molar-refractivity contribution is 7.17. The maximum Gasteiger partial charge on any atom is 0.265 e. The predicted octanol–water partition coefficient (Wildman–Crippen LogP) is 2.68. The summed E-state index contributed by atoms with van der Waals surface area (Å²) in [7, 11) is 0. The van der Waals surface area contributed by atoms with Gasteiger partial charge in [-0.15, -0.1) is 11.3 Å². The zero-order valence-electron chi connectivity index (χ0n) is 12.4. The van der Waals surface area contributed by atoms with Gasteiger partial charge in [-0.25, -0.2) is 9.37 Å².